The summed E-state index contributed by atoms with van der Waals surface area (Å²) in [6.45, 7) is 6.46. The Morgan fingerprint density at radius 3 is 2.41 bits per heavy atom. The van der Waals surface area contributed by atoms with Crippen LogP contribution >= 0.6 is 11.6 Å². The first-order chi connectivity index (χ1) is 7.63. The van der Waals surface area contributed by atoms with Gasteiger partial charge in [0.2, 0.25) is 0 Å². The third kappa shape index (κ3) is 4.44. The summed E-state index contributed by atoms with van der Waals surface area (Å²) in [5.74, 6) is 0.483. The molecular formula is C13H25ClO2S. The summed E-state index contributed by atoms with van der Waals surface area (Å²) in [6.07, 6.45) is 6.15. The summed E-state index contributed by atoms with van der Waals surface area (Å²) in [7, 11) is -2.88. The van der Waals surface area contributed by atoms with E-state index in [1.165, 1.54) is 6.26 Å². The van der Waals surface area contributed by atoms with Gasteiger partial charge in [-0.15, -0.1) is 11.6 Å². The molecule has 0 aliphatic heterocycles. The summed E-state index contributed by atoms with van der Waals surface area (Å²) in [4.78, 5) is 0. The molecule has 0 aromatic heterocycles. The van der Waals surface area contributed by atoms with E-state index in [1.54, 1.807) is 0 Å². The zero-order chi connectivity index (χ0) is 13.3. The van der Waals surface area contributed by atoms with Crippen LogP contribution in [0.3, 0.4) is 0 Å². The zero-order valence-corrected chi connectivity index (χ0v) is 12.9. The third-order valence-corrected chi connectivity index (χ3v) is 5.94. The molecule has 0 bridgehead atoms. The molecule has 0 aromatic carbocycles. The summed E-state index contributed by atoms with van der Waals surface area (Å²) in [5, 5.41) is 0.0229. The predicted octanol–water partition coefficient (Wildman–Crippen LogP) is 3.63. The van der Waals surface area contributed by atoms with Crippen LogP contribution < -0.4 is 0 Å². The van der Waals surface area contributed by atoms with E-state index in [9.17, 15) is 8.42 Å². The van der Waals surface area contributed by atoms with Crippen molar-refractivity contribution >= 4 is 21.4 Å². The van der Waals surface area contributed by atoms with Gasteiger partial charge < -0.3 is 0 Å². The van der Waals surface area contributed by atoms with Crippen LogP contribution in [0.1, 0.15) is 52.9 Å². The maximum absolute atomic E-state index is 11.7. The van der Waals surface area contributed by atoms with Gasteiger partial charge in [0.15, 0.2) is 0 Å². The second-order valence-corrected chi connectivity index (χ2v) is 9.36. The topological polar surface area (TPSA) is 34.1 Å². The van der Waals surface area contributed by atoms with E-state index in [4.69, 9.17) is 11.6 Å². The van der Waals surface area contributed by atoms with Crippen molar-refractivity contribution in [2.75, 3.05) is 6.26 Å². The van der Waals surface area contributed by atoms with Crippen LogP contribution in [0.25, 0.3) is 0 Å². The van der Waals surface area contributed by atoms with E-state index in [0.717, 1.165) is 32.1 Å². The Balaban J connectivity index is 2.72. The molecular weight excluding hydrogens is 256 g/mol. The number of halogens is 1. The average molecular weight is 281 g/mol. The van der Waals surface area contributed by atoms with Gasteiger partial charge in [-0.1, -0.05) is 20.3 Å². The van der Waals surface area contributed by atoms with E-state index in [2.05, 4.69) is 13.8 Å². The molecule has 0 spiro atoms. The van der Waals surface area contributed by atoms with Gasteiger partial charge in [0.25, 0.3) is 0 Å². The van der Waals surface area contributed by atoms with Crippen LogP contribution in [-0.4, -0.2) is 25.3 Å². The Bertz CT molecular complexity index is 346. The molecule has 0 heterocycles. The largest absolute Gasteiger partial charge is 0.229 e. The van der Waals surface area contributed by atoms with Gasteiger partial charge >= 0.3 is 0 Å². The molecule has 1 aliphatic carbocycles. The molecule has 1 rings (SSSR count). The fraction of sp³-hybridized carbons (Fsp3) is 1.00. The highest BCUT2D eigenvalue weighted by Gasteiger charge is 2.37. The highest BCUT2D eigenvalue weighted by Crippen LogP contribution is 2.43. The molecule has 1 fully saturated rings. The van der Waals surface area contributed by atoms with Gasteiger partial charge in [-0.25, -0.2) is 8.42 Å². The van der Waals surface area contributed by atoms with Crippen LogP contribution in [0, 0.1) is 11.3 Å². The van der Waals surface area contributed by atoms with E-state index >= 15 is 0 Å². The van der Waals surface area contributed by atoms with E-state index in [0.29, 0.717) is 5.92 Å². The summed E-state index contributed by atoms with van der Waals surface area (Å²) >= 11 is 6.09. The van der Waals surface area contributed by atoms with Gasteiger partial charge in [0.05, 0.1) is 5.25 Å². The van der Waals surface area contributed by atoms with Gasteiger partial charge in [-0.3, -0.25) is 0 Å². The van der Waals surface area contributed by atoms with E-state index < -0.39 is 9.84 Å². The lowest BCUT2D eigenvalue weighted by atomic mass is 9.69. The molecule has 0 radical (unpaired) electrons. The monoisotopic (exact) mass is 280 g/mol. The minimum absolute atomic E-state index is 0.133. The number of sulfone groups is 1. The first kappa shape index (κ1) is 15.3. The molecule has 3 atom stereocenters. The van der Waals surface area contributed by atoms with Gasteiger partial charge in [-0.05, 0) is 43.9 Å². The molecule has 3 unspecified atom stereocenters. The average Bonchev–Trinajstić information content (AvgIpc) is 2.14. The highest BCUT2D eigenvalue weighted by molar-refractivity contribution is 7.91. The summed E-state index contributed by atoms with van der Waals surface area (Å²) in [6, 6.07) is 0. The maximum Gasteiger partial charge on any atom is 0.150 e. The smallest absolute Gasteiger partial charge is 0.150 e. The van der Waals surface area contributed by atoms with Gasteiger partial charge in [-0.2, -0.15) is 0 Å². The van der Waals surface area contributed by atoms with Crippen LogP contribution in [-0.2, 0) is 9.84 Å². The SMILES string of the molecule is CC(Cl)CC(C)(C)C1CCCC(S(C)(=O)=O)C1. The number of hydrogen-bond acceptors (Lipinski definition) is 2. The van der Waals surface area contributed by atoms with Crippen LogP contribution in [0.15, 0.2) is 0 Å². The summed E-state index contributed by atoms with van der Waals surface area (Å²) < 4.78 is 23.3. The van der Waals surface area contributed by atoms with Crippen LogP contribution in [0.4, 0.5) is 0 Å². The van der Waals surface area contributed by atoms with E-state index in [-0.39, 0.29) is 16.0 Å². The molecule has 0 saturated heterocycles. The fourth-order valence-corrected chi connectivity index (χ4v) is 4.71. The normalized spacial score (nSPS) is 29.0. The van der Waals surface area contributed by atoms with Crippen molar-refractivity contribution in [2.24, 2.45) is 11.3 Å². The van der Waals surface area contributed by atoms with E-state index in [1.807, 2.05) is 6.92 Å². The van der Waals surface area contributed by atoms with Crippen molar-refractivity contribution < 1.29 is 8.42 Å². The molecule has 4 heteroatoms. The quantitative estimate of drug-likeness (QED) is 0.737. The lowest BCUT2D eigenvalue weighted by Crippen LogP contribution is -2.35. The molecule has 0 aromatic rings. The third-order valence-electron chi connectivity index (χ3n) is 4.14. The van der Waals surface area contributed by atoms with Crippen molar-refractivity contribution in [3.63, 3.8) is 0 Å². The maximum atomic E-state index is 11.7. The minimum Gasteiger partial charge on any atom is -0.229 e. The van der Waals surface area contributed by atoms with Gasteiger partial charge in [0.1, 0.15) is 9.84 Å². The van der Waals surface area contributed by atoms with Gasteiger partial charge in [0, 0.05) is 11.6 Å². The Labute approximate surface area is 111 Å². The number of hydrogen-bond donors (Lipinski definition) is 0. The molecule has 102 valence electrons. The molecule has 1 aliphatic rings. The van der Waals surface area contributed by atoms with Crippen molar-refractivity contribution in [2.45, 2.75) is 63.5 Å². The Morgan fingerprint density at radius 2 is 1.94 bits per heavy atom. The lowest BCUT2D eigenvalue weighted by molar-refractivity contribution is 0.147. The number of rotatable bonds is 4. The molecule has 0 N–H and O–H groups in total. The number of alkyl halides is 1. The molecule has 17 heavy (non-hydrogen) atoms. The Kier molecular flexibility index (Phi) is 4.93. The lowest BCUT2D eigenvalue weighted by Gasteiger charge is -2.40. The first-order valence-electron chi connectivity index (χ1n) is 6.46. The predicted molar refractivity (Wildman–Crippen MR) is 74.3 cm³/mol. The summed E-state index contributed by atoms with van der Waals surface area (Å²) in [5.41, 5.74) is 0.143. The zero-order valence-electron chi connectivity index (χ0n) is 11.4. The standard InChI is InChI=1S/C13H25ClO2S/c1-10(14)9-13(2,3)11-6-5-7-12(8-11)17(4,15)16/h10-12H,5-9H2,1-4H3. The Hall–Kier alpha value is 0.240. The Morgan fingerprint density at radius 1 is 1.35 bits per heavy atom. The van der Waals surface area contributed by atoms with Crippen LogP contribution in [0.2, 0.25) is 0 Å². The van der Waals surface area contributed by atoms with Crippen molar-refractivity contribution in [3.05, 3.63) is 0 Å². The minimum atomic E-state index is -2.88. The molecule has 2 nitrogen and oxygen atoms in total. The molecule has 0 amide bonds. The fourth-order valence-electron chi connectivity index (χ4n) is 3.14. The highest BCUT2D eigenvalue weighted by atomic mass is 35.5. The second-order valence-electron chi connectivity index (χ2n) is 6.29. The molecule has 1 saturated carbocycles. The van der Waals surface area contributed by atoms with Crippen molar-refractivity contribution in [1.29, 1.82) is 0 Å². The van der Waals surface area contributed by atoms with Crippen molar-refractivity contribution in [3.8, 4) is 0 Å². The van der Waals surface area contributed by atoms with Crippen molar-refractivity contribution in [1.82, 2.24) is 0 Å². The second kappa shape index (κ2) is 5.48. The van der Waals surface area contributed by atoms with Crippen LogP contribution in [0.5, 0.6) is 0 Å². The first-order valence-corrected chi connectivity index (χ1v) is 8.85.